The lowest BCUT2D eigenvalue weighted by atomic mass is 10.1. The number of carboxylic acid groups (broad SMARTS) is 1. The molecule has 15 heavy (non-hydrogen) atoms. The number of hydrogen-bond donors (Lipinski definition) is 2. The third kappa shape index (κ3) is 3.85. The van der Waals surface area contributed by atoms with Crippen molar-refractivity contribution in [2.24, 2.45) is 0 Å². The average molecular weight is 206 g/mol. The van der Waals surface area contributed by atoms with Crippen molar-refractivity contribution >= 4 is 5.97 Å². The van der Waals surface area contributed by atoms with Crippen molar-refractivity contribution < 1.29 is 15.0 Å². The monoisotopic (exact) mass is 206 g/mol. The van der Waals surface area contributed by atoms with E-state index >= 15 is 0 Å². The fourth-order valence-corrected chi connectivity index (χ4v) is 1.25. The quantitative estimate of drug-likeness (QED) is 0.743. The number of allylic oxidation sites excluding steroid dienone is 1. The molecule has 80 valence electrons. The van der Waals surface area contributed by atoms with E-state index in [1.165, 1.54) is 0 Å². The summed E-state index contributed by atoms with van der Waals surface area (Å²) in [5.41, 5.74) is 1.36. The topological polar surface area (TPSA) is 57.5 Å². The summed E-state index contributed by atoms with van der Waals surface area (Å²) < 4.78 is 0. The molecule has 0 saturated carbocycles. The van der Waals surface area contributed by atoms with E-state index in [2.05, 4.69) is 0 Å². The molecule has 0 saturated heterocycles. The Morgan fingerprint density at radius 3 is 2.80 bits per heavy atom. The normalized spacial score (nSPS) is 11.4. The Bertz CT molecular complexity index is 380. The summed E-state index contributed by atoms with van der Waals surface area (Å²) in [6, 6.07) is 6.98. The lowest BCUT2D eigenvalue weighted by Crippen LogP contribution is -1.96. The van der Waals surface area contributed by atoms with Gasteiger partial charge < -0.3 is 10.2 Å². The second-order valence-electron chi connectivity index (χ2n) is 3.40. The SMILES string of the molecule is CC(=CCCc1cccc(O)c1)C(=O)O. The van der Waals surface area contributed by atoms with Crippen molar-refractivity contribution in [3.05, 3.63) is 41.5 Å². The molecule has 0 unspecified atom stereocenters. The van der Waals surface area contributed by atoms with E-state index in [4.69, 9.17) is 5.11 Å². The maximum atomic E-state index is 10.5. The smallest absolute Gasteiger partial charge is 0.330 e. The first-order valence-electron chi connectivity index (χ1n) is 4.77. The Labute approximate surface area is 88.7 Å². The van der Waals surface area contributed by atoms with Crippen LogP contribution in [0.4, 0.5) is 0 Å². The minimum atomic E-state index is -0.883. The van der Waals surface area contributed by atoms with Gasteiger partial charge in [0.05, 0.1) is 0 Å². The molecule has 0 aliphatic carbocycles. The summed E-state index contributed by atoms with van der Waals surface area (Å²) in [4.78, 5) is 10.5. The average Bonchev–Trinajstić information content (AvgIpc) is 2.17. The number of carbonyl (C=O) groups is 1. The van der Waals surface area contributed by atoms with Crippen LogP contribution in [-0.4, -0.2) is 16.2 Å². The summed E-state index contributed by atoms with van der Waals surface area (Å²) in [5.74, 6) is -0.641. The van der Waals surface area contributed by atoms with Crippen LogP contribution in [0.25, 0.3) is 0 Å². The molecule has 0 amide bonds. The van der Waals surface area contributed by atoms with Gasteiger partial charge >= 0.3 is 5.97 Å². The molecular formula is C12H14O3. The Morgan fingerprint density at radius 1 is 1.47 bits per heavy atom. The Morgan fingerprint density at radius 2 is 2.20 bits per heavy atom. The molecule has 1 aromatic carbocycles. The fraction of sp³-hybridized carbons (Fsp3) is 0.250. The van der Waals surface area contributed by atoms with Crippen LogP contribution < -0.4 is 0 Å². The zero-order valence-electron chi connectivity index (χ0n) is 8.60. The summed E-state index contributed by atoms with van der Waals surface area (Å²) in [7, 11) is 0. The highest BCUT2D eigenvalue weighted by atomic mass is 16.4. The van der Waals surface area contributed by atoms with Crippen molar-refractivity contribution in [3.63, 3.8) is 0 Å². The highest BCUT2D eigenvalue weighted by molar-refractivity contribution is 5.85. The van der Waals surface area contributed by atoms with E-state index in [0.29, 0.717) is 12.0 Å². The van der Waals surface area contributed by atoms with E-state index in [1.54, 1.807) is 31.2 Å². The molecule has 2 N–H and O–H groups in total. The lowest BCUT2D eigenvalue weighted by Gasteiger charge is -1.99. The van der Waals surface area contributed by atoms with Crippen molar-refractivity contribution in [2.75, 3.05) is 0 Å². The molecule has 0 bridgehead atoms. The molecule has 3 heteroatoms. The first-order valence-corrected chi connectivity index (χ1v) is 4.77. The number of aromatic hydroxyl groups is 1. The zero-order chi connectivity index (χ0) is 11.3. The van der Waals surface area contributed by atoms with Crippen LogP contribution in [0, 0.1) is 0 Å². The van der Waals surface area contributed by atoms with Crippen LogP contribution in [0.3, 0.4) is 0 Å². The van der Waals surface area contributed by atoms with Gasteiger partial charge in [0, 0.05) is 5.57 Å². The Balaban J connectivity index is 2.51. The van der Waals surface area contributed by atoms with Crippen LogP contribution in [-0.2, 0) is 11.2 Å². The van der Waals surface area contributed by atoms with E-state index in [-0.39, 0.29) is 5.75 Å². The van der Waals surface area contributed by atoms with Crippen LogP contribution in [0.2, 0.25) is 0 Å². The largest absolute Gasteiger partial charge is 0.508 e. The maximum absolute atomic E-state index is 10.5. The molecule has 1 rings (SSSR count). The van der Waals surface area contributed by atoms with Gasteiger partial charge in [-0.25, -0.2) is 4.79 Å². The molecule has 1 aromatic rings. The van der Waals surface area contributed by atoms with Crippen molar-refractivity contribution in [2.45, 2.75) is 19.8 Å². The molecular weight excluding hydrogens is 192 g/mol. The van der Waals surface area contributed by atoms with Crippen LogP contribution in [0.1, 0.15) is 18.9 Å². The van der Waals surface area contributed by atoms with Gasteiger partial charge in [0.1, 0.15) is 5.75 Å². The minimum Gasteiger partial charge on any atom is -0.508 e. The molecule has 0 spiro atoms. The number of rotatable bonds is 4. The van der Waals surface area contributed by atoms with Crippen molar-refractivity contribution in [1.29, 1.82) is 0 Å². The first kappa shape index (κ1) is 11.3. The standard InChI is InChI=1S/C12H14O3/c1-9(12(14)15)4-2-5-10-6-3-7-11(13)8-10/h3-4,6-8,13H,2,5H2,1H3,(H,14,15). The van der Waals surface area contributed by atoms with Crippen molar-refractivity contribution in [3.8, 4) is 5.75 Å². The molecule has 0 fully saturated rings. The van der Waals surface area contributed by atoms with Gasteiger partial charge in [-0.2, -0.15) is 0 Å². The van der Waals surface area contributed by atoms with Crippen LogP contribution in [0.5, 0.6) is 5.75 Å². The van der Waals surface area contributed by atoms with Crippen molar-refractivity contribution in [1.82, 2.24) is 0 Å². The van der Waals surface area contributed by atoms with E-state index in [0.717, 1.165) is 12.0 Å². The van der Waals surface area contributed by atoms with E-state index < -0.39 is 5.97 Å². The van der Waals surface area contributed by atoms with Gasteiger partial charge in [0.25, 0.3) is 0 Å². The predicted molar refractivity (Wildman–Crippen MR) is 57.8 cm³/mol. The third-order valence-electron chi connectivity index (χ3n) is 2.13. The minimum absolute atomic E-state index is 0.242. The second kappa shape index (κ2) is 5.20. The highest BCUT2D eigenvalue weighted by Crippen LogP contribution is 2.12. The molecule has 0 aliphatic heterocycles. The van der Waals surface area contributed by atoms with Gasteiger partial charge in [-0.1, -0.05) is 18.2 Å². The fourth-order valence-electron chi connectivity index (χ4n) is 1.25. The van der Waals surface area contributed by atoms with Crippen LogP contribution >= 0.6 is 0 Å². The number of phenolic OH excluding ortho intramolecular Hbond substituents is 1. The molecule has 0 atom stereocenters. The number of carboxylic acids is 1. The number of benzene rings is 1. The van der Waals surface area contributed by atoms with E-state index in [9.17, 15) is 9.90 Å². The number of aryl methyl sites for hydroxylation is 1. The van der Waals surface area contributed by atoms with E-state index in [1.807, 2.05) is 6.07 Å². The number of phenols is 1. The van der Waals surface area contributed by atoms with Gasteiger partial charge in [-0.15, -0.1) is 0 Å². The molecule has 0 aliphatic rings. The number of aliphatic carboxylic acids is 1. The third-order valence-corrected chi connectivity index (χ3v) is 2.13. The van der Waals surface area contributed by atoms with Gasteiger partial charge in [-0.05, 0) is 37.5 Å². The summed E-state index contributed by atoms with van der Waals surface area (Å²) in [5, 5.41) is 17.8. The Kier molecular flexibility index (Phi) is 3.92. The summed E-state index contributed by atoms with van der Waals surface area (Å²) in [6.07, 6.45) is 3.09. The lowest BCUT2D eigenvalue weighted by molar-refractivity contribution is -0.132. The first-order chi connectivity index (χ1) is 7.09. The number of hydrogen-bond acceptors (Lipinski definition) is 2. The molecule has 0 heterocycles. The Hall–Kier alpha value is -1.77. The van der Waals surface area contributed by atoms with Gasteiger partial charge in [-0.3, -0.25) is 0 Å². The molecule has 3 nitrogen and oxygen atoms in total. The molecule has 0 radical (unpaired) electrons. The summed E-state index contributed by atoms with van der Waals surface area (Å²) >= 11 is 0. The summed E-state index contributed by atoms with van der Waals surface area (Å²) in [6.45, 7) is 1.57. The second-order valence-corrected chi connectivity index (χ2v) is 3.40. The van der Waals surface area contributed by atoms with Gasteiger partial charge in [0.15, 0.2) is 0 Å². The molecule has 0 aromatic heterocycles. The van der Waals surface area contributed by atoms with Gasteiger partial charge in [0.2, 0.25) is 0 Å². The predicted octanol–water partition coefficient (Wildman–Crippen LogP) is 2.36. The zero-order valence-corrected chi connectivity index (χ0v) is 8.60. The highest BCUT2D eigenvalue weighted by Gasteiger charge is 1.98. The maximum Gasteiger partial charge on any atom is 0.330 e. The van der Waals surface area contributed by atoms with Crippen LogP contribution in [0.15, 0.2) is 35.9 Å².